The van der Waals surface area contributed by atoms with E-state index in [2.05, 4.69) is 5.10 Å². The van der Waals surface area contributed by atoms with Crippen molar-refractivity contribution < 1.29 is 9.53 Å². The van der Waals surface area contributed by atoms with Gasteiger partial charge in [-0.05, 0) is 18.9 Å². The summed E-state index contributed by atoms with van der Waals surface area (Å²) in [5.41, 5.74) is 0.501. The fraction of sp³-hybridized carbons (Fsp3) is 0.429. The van der Waals surface area contributed by atoms with Gasteiger partial charge in [-0.2, -0.15) is 10.1 Å². The molecule has 0 radical (unpaired) electrons. The van der Waals surface area contributed by atoms with Gasteiger partial charge >= 0.3 is 0 Å². The number of hydrogen-bond acceptors (Lipinski definition) is 4. The molecule has 0 saturated carbocycles. The molecule has 0 bridgehead atoms. The molecule has 2 aliphatic heterocycles. The molecule has 112 valence electrons. The third kappa shape index (κ3) is 2.68. The summed E-state index contributed by atoms with van der Waals surface area (Å²) in [6.45, 7) is 1.22. The molecule has 0 N–H and O–H groups in total. The molecular formula is C14H15Cl2N3O2. The molecule has 5 nitrogen and oxygen atoms in total. The molecule has 0 aliphatic carbocycles. The van der Waals surface area contributed by atoms with Crippen LogP contribution in [0, 0.1) is 0 Å². The predicted molar refractivity (Wildman–Crippen MR) is 83.4 cm³/mol. The zero-order chi connectivity index (χ0) is 15.0. The van der Waals surface area contributed by atoms with Crippen LogP contribution in [0.5, 0.6) is 5.75 Å². The molecular weight excluding hydrogens is 313 g/mol. The summed E-state index contributed by atoms with van der Waals surface area (Å²) >= 11 is 12.2. The van der Waals surface area contributed by atoms with Gasteiger partial charge in [0.05, 0.1) is 22.8 Å². The minimum atomic E-state index is -0.105. The van der Waals surface area contributed by atoms with E-state index in [4.69, 9.17) is 27.9 Å². The van der Waals surface area contributed by atoms with Crippen LogP contribution in [0.3, 0.4) is 0 Å². The van der Waals surface area contributed by atoms with E-state index in [1.807, 2.05) is 4.90 Å². The van der Waals surface area contributed by atoms with Gasteiger partial charge in [0.2, 0.25) is 0 Å². The lowest BCUT2D eigenvalue weighted by atomic mass is 10.1. The van der Waals surface area contributed by atoms with Crippen LogP contribution >= 0.6 is 23.2 Å². The minimum absolute atomic E-state index is 0.105. The normalized spacial score (nSPS) is 18.4. The molecule has 7 heteroatoms. The number of ether oxygens (including phenoxy) is 1. The van der Waals surface area contributed by atoms with E-state index in [0.717, 1.165) is 31.6 Å². The van der Waals surface area contributed by atoms with Gasteiger partial charge in [-0.25, -0.2) is 0 Å². The molecule has 1 saturated heterocycles. The fourth-order valence-corrected chi connectivity index (χ4v) is 3.12. The number of benzene rings is 1. The van der Waals surface area contributed by atoms with E-state index in [0.29, 0.717) is 28.0 Å². The SMILES string of the molecule is COc1cc(N2N=C3CCCCN3CC2=O)c(Cl)cc1Cl. The highest BCUT2D eigenvalue weighted by molar-refractivity contribution is 6.37. The topological polar surface area (TPSA) is 45.1 Å². The lowest BCUT2D eigenvalue weighted by molar-refractivity contribution is -0.119. The summed E-state index contributed by atoms with van der Waals surface area (Å²) in [4.78, 5) is 14.4. The van der Waals surface area contributed by atoms with E-state index in [1.165, 1.54) is 12.1 Å². The van der Waals surface area contributed by atoms with Gasteiger partial charge in [0.25, 0.3) is 5.91 Å². The molecule has 1 aromatic rings. The summed E-state index contributed by atoms with van der Waals surface area (Å²) in [6.07, 6.45) is 3.07. The zero-order valence-electron chi connectivity index (χ0n) is 11.6. The average molecular weight is 328 g/mol. The van der Waals surface area contributed by atoms with Crippen LogP contribution in [0.1, 0.15) is 19.3 Å². The van der Waals surface area contributed by atoms with Crippen molar-refractivity contribution in [1.82, 2.24) is 4.90 Å². The first kappa shape index (κ1) is 14.5. The zero-order valence-corrected chi connectivity index (χ0v) is 13.1. The smallest absolute Gasteiger partial charge is 0.267 e. The average Bonchev–Trinajstić information content (AvgIpc) is 2.47. The van der Waals surface area contributed by atoms with Gasteiger partial charge in [-0.1, -0.05) is 23.2 Å². The van der Waals surface area contributed by atoms with Gasteiger partial charge in [-0.3, -0.25) is 4.79 Å². The molecule has 1 amide bonds. The van der Waals surface area contributed by atoms with E-state index >= 15 is 0 Å². The Labute approximate surface area is 133 Å². The van der Waals surface area contributed by atoms with Crippen LogP contribution in [0.4, 0.5) is 5.69 Å². The Bertz CT molecular complexity index is 618. The Balaban J connectivity index is 2.01. The molecule has 0 aromatic heterocycles. The number of halogens is 2. The maximum Gasteiger partial charge on any atom is 0.267 e. The molecule has 1 aromatic carbocycles. The van der Waals surface area contributed by atoms with Crippen LogP contribution in [0.25, 0.3) is 0 Å². The number of amidine groups is 1. The highest BCUT2D eigenvalue weighted by Gasteiger charge is 2.30. The minimum Gasteiger partial charge on any atom is -0.495 e. The molecule has 0 atom stereocenters. The van der Waals surface area contributed by atoms with E-state index in [1.54, 1.807) is 12.1 Å². The Kier molecular flexibility index (Phi) is 3.95. The van der Waals surface area contributed by atoms with Crippen molar-refractivity contribution in [1.29, 1.82) is 0 Å². The van der Waals surface area contributed by atoms with E-state index < -0.39 is 0 Å². The van der Waals surface area contributed by atoms with Crippen molar-refractivity contribution in [2.75, 3.05) is 25.2 Å². The maximum atomic E-state index is 12.3. The van der Waals surface area contributed by atoms with Crippen LogP contribution < -0.4 is 9.75 Å². The summed E-state index contributed by atoms with van der Waals surface area (Å²) in [5, 5.41) is 6.61. The van der Waals surface area contributed by atoms with Crippen LogP contribution in [-0.4, -0.2) is 36.8 Å². The number of piperidine rings is 1. The summed E-state index contributed by atoms with van der Waals surface area (Å²) < 4.78 is 5.19. The lowest BCUT2D eigenvalue weighted by Gasteiger charge is -2.36. The number of fused-ring (bicyclic) bond motifs is 1. The molecule has 2 heterocycles. The van der Waals surface area contributed by atoms with Gasteiger partial charge in [0, 0.05) is 19.0 Å². The van der Waals surface area contributed by atoms with Crippen molar-refractivity contribution in [3.05, 3.63) is 22.2 Å². The van der Waals surface area contributed by atoms with Gasteiger partial charge in [0.1, 0.15) is 18.1 Å². The van der Waals surface area contributed by atoms with Crippen LogP contribution in [-0.2, 0) is 4.79 Å². The number of anilines is 1. The first-order valence-electron chi connectivity index (χ1n) is 6.78. The highest BCUT2D eigenvalue weighted by Crippen LogP contribution is 2.37. The van der Waals surface area contributed by atoms with Gasteiger partial charge < -0.3 is 9.64 Å². The molecule has 3 rings (SSSR count). The van der Waals surface area contributed by atoms with E-state index in [-0.39, 0.29) is 5.91 Å². The Hall–Kier alpha value is -1.46. The van der Waals surface area contributed by atoms with Gasteiger partial charge in [-0.15, -0.1) is 0 Å². The second kappa shape index (κ2) is 5.73. The number of nitrogens with zero attached hydrogens (tertiary/aromatic N) is 3. The van der Waals surface area contributed by atoms with Crippen molar-refractivity contribution in [2.45, 2.75) is 19.3 Å². The quantitative estimate of drug-likeness (QED) is 0.838. The fourth-order valence-electron chi connectivity index (χ4n) is 2.58. The number of rotatable bonds is 2. The van der Waals surface area contributed by atoms with Crippen molar-refractivity contribution >= 4 is 40.6 Å². The highest BCUT2D eigenvalue weighted by atomic mass is 35.5. The van der Waals surface area contributed by atoms with Crippen LogP contribution in [0.15, 0.2) is 17.2 Å². The first-order chi connectivity index (χ1) is 10.1. The van der Waals surface area contributed by atoms with Crippen molar-refractivity contribution in [2.24, 2.45) is 5.10 Å². The second-order valence-corrected chi connectivity index (χ2v) is 5.85. The largest absolute Gasteiger partial charge is 0.495 e. The number of carbonyl (C=O) groups excluding carboxylic acids is 1. The summed E-state index contributed by atoms with van der Waals surface area (Å²) in [7, 11) is 1.52. The maximum absolute atomic E-state index is 12.3. The Morgan fingerprint density at radius 1 is 1.24 bits per heavy atom. The lowest BCUT2D eigenvalue weighted by Crippen LogP contribution is -2.49. The van der Waals surface area contributed by atoms with Crippen LogP contribution in [0.2, 0.25) is 10.0 Å². The standard InChI is InChI=1S/C14H15Cl2N3O2/c1-21-12-7-11(9(15)6-10(12)16)19-14(20)8-18-5-3-2-4-13(18)17-19/h6-7H,2-5,8H2,1H3. The first-order valence-corrected chi connectivity index (χ1v) is 7.54. The molecule has 21 heavy (non-hydrogen) atoms. The predicted octanol–water partition coefficient (Wildman–Crippen LogP) is 3.15. The summed E-state index contributed by atoms with van der Waals surface area (Å²) in [5.74, 6) is 1.30. The van der Waals surface area contributed by atoms with Crippen molar-refractivity contribution in [3.63, 3.8) is 0 Å². The molecule has 0 spiro atoms. The monoisotopic (exact) mass is 327 g/mol. The Morgan fingerprint density at radius 3 is 2.81 bits per heavy atom. The molecule has 2 aliphatic rings. The molecule has 1 fully saturated rings. The number of amides is 1. The number of carbonyl (C=O) groups is 1. The summed E-state index contributed by atoms with van der Waals surface area (Å²) in [6, 6.07) is 3.21. The number of hydrogen-bond donors (Lipinski definition) is 0. The van der Waals surface area contributed by atoms with E-state index in [9.17, 15) is 4.79 Å². The number of hydrazone groups is 1. The van der Waals surface area contributed by atoms with Gasteiger partial charge in [0.15, 0.2) is 0 Å². The second-order valence-electron chi connectivity index (χ2n) is 5.04. The Morgan fingerprint density at radius 2 is 2.05 bits per heavy atom. The number of methoxy groups -OCH3 is 1. The van der Waals surface area contributed by atoms with Crippen molar-refractivity contribution in [3.8, 4) is 5.75 Å². The third-order valence-electron chi connectivity index (χ3n) is 3.67. The third-order valence-corrected chi connectivity index (χ3v) is 4.27. The molecule has 0 unspecified atom stereocenters.